The lowest BCUT2D eigenvalue weighted by Gasteiger charge is -2.34. The van der Waals surface area contributed by atoms with E-state index in [9.17, 15) is 44.7 Å². The summed E-state index contributed by atoms with van der Waals surface area (Å²) in [6, 6.07) is 17.7. The highest BCUT2D eigenvalue weighted by Crippen LogP contribution is 2.51. The molecule has 3 aromatic rings. The van der Waals surface area contributed by atoms with Crippen molar-refractivity contribution in [1.29, 1.82) is 0 Å². The van der Waals surface area contributed by atoms with Crippen molar-refractivity contribution >= 4 is 15.7 Å². The summed E-state index contributed by atoms with van der Waals surface area (Å²) in [4.78, 5) is 14.2. The first-order valence-electron chi connectivity index (χ1n) is 11.3. The van der Waals surface area contributed by atoms with Gasteiger partial charge in [-0.15, -0.1) is 0 Å². The molecule has 0 aromatic heterocycles. The third-order valence-corrected chi connectivity index (χ3v) is 9.25. The lowest BCUT2D eigenvalue weighted by atomic mass is 9.89. The predicted octanol–water partition coefficient (Wildman–Crippen LogP) is 5.21. The van der Waals surface area contributed by atoms with E-state index in [0.717, 1.165) is 12.1 Å². The molecule has 38 heavy (non-hydrogen) atoms. The molecule has 1 saturated heterocycles. The third-order valence-electron chi connectivity index (χ3n) is 6.76. The molecule has 0 bridgehead atoms. The van der Waals surface area contributed by atoms with Gasteiger partial charge < -0.3 is 10.0 Å². The molecule has 5 nitrogen and oxygen atoms in total. The Balaban J connectivity index is 1.83. The van der Waals surface area contributed by atoms with E-state index in [1.807, 2.05) is 0 Å². The topological polar surface area (TPSA) is 74.7 Å². The Morgan fingerprint density at radius 3 is 1.79 bits per heavy atom. The average molecular weight is 558 g/mol. The van der Waals surface area contributed by atoms with Crippen LogP contribution in [0.4, 0.5) is 26.3 Å². The first-order valence-corrected chi connectivity index (χ1v) is 12.7. The molecular formula is C26H21F6NO4S. The maximum atomic E-state index is 13.9. The molecular weight excluding hydrogens is 536 g/mol. The lowest BCUT2D eigenvalue weighted by Crippen LogP contribution is -2.54. The second-order valence-corrected chi connectivity index (χ2v) is 11.2. The summed E-state index contributed by atoms with van der Waals surface area (Å²) in [6.45, 7) is -0.420. The van der Waals surface area contributed by atoms with Gasteiger partial charge in [0, 0.05) is 24.2 Å². The standard InChI is InChI=1S/C26H21F6NO4S/c27-25(28,29)24(35,26(30,31)32)20-13-11-19(12-14-20)23(38(36,37)21-9-5-2-6-10-21)15-16-33(17-23)22(34)18-7-3-1-4-8-18/h1-14,35H,15-17H2. The summed E-state index contributed by atoms with van der Waals surface area (Å²) in [6.07, 6.45) is -12.3. The Morgan fingerprint density at radius 1 is 0.789 bits per heavy atom. The van der Waals surface area contributed by atoms with E-state index in [4.69, 9.17) is 0 Å². The number of aliphatic hydroxyl groups is 1. The van der Waals surface area contributed by atoms with E-state index in [1.165, 1.54) is 41.3 Å². The van der Waals surface area contributed by atoms with E-state index in [1.54, 1.807) is 24.3 Å². The number of carbonyl (C=O) groups is 1. The second kappa shape index (κ2) is 9.42. The van der Waals surface area contributed by atoms with Gasteiger partial charge >= 0.3 is 12.4 Å². The maximum absolute atomic E-state index is 13.9. The molecule has 1 unspecified atom stereocenters. The fraction of sp³-hybridized carbons (Fsp3) is 0.269. The number of hydrogen-bond donors (Lipinski definition) is 1. The van der Waals surface area contributed by atoms with Gasteiger partial charge in [-0.2, -0.15) is 26.3 Å². The van der Waals surface area contributed by atoms with Crippen molar-refractivity contribution < 1.29 is 44.7 Å². The van der Waals surface area contributed by atoms with Crippen LogP contribution in [0.3, 0.4) is 0 Å². The molecule has 1 aliphatic heterocycles. The van der Waals surface area contributed by atoms with Crippen molar-refractivity contribution in [3.05, 3.63) is 102 Å². The summed E-state index contributed by atoms with van der Waals surface area (Å²) in [5.74, 6) is -0.476. The van der Waals surface area contributed by atoms with Crippen molar-refractivity contribution in [2.75, 3.05) is 13.1 Å². The van der Waals surface area contributed by atoms with Crippen molar-refractivity contribution in [2.45, 2.75) is 34.0 Å². The molecule has 1 N–H and O–H groups in total. The van der Waals surface area contributed by atoms with Crippen molar-refractivity contribution in [3.8, 4) is 0 Å². The van der Waals surface area contributed by atoms with Gasteiger partial charge in [-0.05, 0) is 36.2 Å². The smallest absolute Gasteiger partial charge is 0.369 e. The Kier molecular flexibility index (Phi) is 6.86. The molecule has 1 heterocycles. The zero-order chi connectivity index (χ0) is 28.0. The normalized spacial score (nSPS) is 19.0. The Labute approximate surface area is 214 Å². The van der Waals surface area contributed by atoms with Crippen LogP contribution < -0.4 is 0 Å². The molecule has 0 spiro atoms. The number of carbonyl (C=O) groups excluding carboxylic acids is 1. The molecule has 202 valence electrons. The number of rotatable bonds is 5. The number of halogens is 6. The molecule has 3 aromatic carbocycles. The molecule has 0 saturated carbocycles. The fourth-order valence-electron chi connectivity index (χ4n) is 4.66. The molecule has 4 rings (SSSR count). The minimum absolute atomic E-state index is 0.0312. The Bertz CT molecular complexity index is 1390. The van der Waals surface area contributed by atoms with Gasteiger partial charge in [0.1, 0.15) is 4.75 Å². The van der Waals surface area contributed by atoms with E-state index in [2.05, 4.69) is 0 Å². The van der Waals surface area contributed by atoms with E-state index in [0.29, 0.717) is 12.1 Å². The Hall–Kier alpha value is -3.38. The van der Waals surface area contributed by atoms with Gasteiger partial charge in [-0.25, -0.2) is 8.42 Å². The van der Waals surface area contributed by atoms with E-state index in [-0.39, 0.29) is 35.5 Å². The van der Waals surface area contributed by atoms with Crippen molar-refractivity contribution in [2.24, 2.45) is 0 Å². The molecule has 1 atom stereocenters. The van der Waals surface area contributed by atoms with Crippen LogP contribution in [-0.2, 0) is 20.2 Å². The molecule has 0 radical (unpaired) electrons. The van der Waals surface area contributed by atoms with Crippen molar-refractivity contribution in [1.82, 2.24) is 4.90 Å². The van der Waals surface area contributed by atoms with Gasteiger partial charge in [0.25, 0.3) is 11.5 Å². The maximum Gasteiger partial charge on any atom is 0.430 e. The van der Waals surface area contributed by atoms with E-state index < -0.39 is 44.0 Å². The van der Waals surface area contributed by atoms with E-state index >= 15 is 0 Å². The van der Waals surface area contributed by atoms with Crippen LogP contribution >= 0.6 is 0 Å². The van der Waals surface area contributed by atoms with Crippen LogP contribution in [0.15, 0.2) is 89.8 Å². The fourth-order valence-corrected chi connectivity index (χ4v) is 6.76. The number of amides is 1. The van der Waals surface area contributed by atoms with Crippen LogP contribution in [0.2, 0.25) is 0 Å². The lowest BCUT2D eigenvalue weighted by molar-refractivity contribution is -0.376. The highest BCUT2D eigenvalue weighted by atomic mass is 32.2. The van der Waals surface area contributed by atoms with Crippen LogP contribution in [0.25, 0.3) is 0 Å². The van der Waals surface area contributed by atoms with Crippen molar-refractivity contribution in [3.63, 3.8) is 0 Å². The van der Waals surface area contributed by atoms with Gasteiger partial charge in [0.05, 0.1) is 4.90 Å². The monoisotopic (exact) mass is 557 g/mol. The quantitative estimate of drug-likeness (QED) is 0.437. The summed E-state index contributed by atoms with van der Waals surface area (Å²) < 4.78 is 106. The highest BCUT2D eigenvalue weighted by Gasteiger charge is 2.71. The molecule has 1 fully saturated rings. The number of alkyl halides is 6. The first-order chi connectivity index (χ1) is 17.6. The van der Waals surface area contributed by atoms with Crippen LogP contribution in [0.1, 0.15) is 27.9 Å². The van der Waals surface area contributed by atoms with Crippen LogP contribution in [-0.4, -0.2) is 49.8 Å². The van der Waals surface area contributed by atoms with Gasteiger partial charge in [-0.1, -0.05) is 60.7 Å². The molecule has 12 heteroatoms. The van der Waals surface area contributed by atoms with Gasteiger partial charge in [-0.3, -0.25) is 4.79 Å². The summed E-state index contributed by atoms with van der Waals surface area (Å²) >= 11 is 0. The predicted molar refractivity (Wildman–Crippen MR) is 125 cm³/mol. The number of sulfone groups is 1. The summed E-state index contributed by atoms with van der Waals surface area (Å²) in [5.41, 5.74) is -6.49. The first kappa shape index (κ1) is 27.6. The number of nitrogens with zero attached hydrogens (tertiary/aromatic N) is 1. The average Bonchev–Trinajstić information content (AvgIpc) is 3.35. The Morgan fingerprint density at radius 2 is 1.29 bits per heavy atom. The molecule has 0 aliphatic carbocycles. The highest BCUT2D eigenvalue weighted by molar-refractivity contribution is 7.92. The number of hydrogen-bond acceptors (Lipinski definition) is 4. The number of likely N-dealkylation sites (tertiary alicyclic amines) is 1. The zero-order valence-electron chi connectivity index (χ0n) is 19.5. The zero-order valence-corrected chi connectivity index (χ0v) is 20.3. The third kappa shape index (κ3) is 4.35. The second-order valence-electron chi connectivity index (χ2n) is 8.94. The largest absolute Gasteiger partial charge is 0.430 e. The summed E-state index contributed by atoms with van der Waals surface area (Å²) in [5, 5.41) is 9.73. The molecule has 1 aliphatic rings. The van der Waals surface area contributed by atoms with Gasteiger partial charge in [0.15, 0.2) is 9.84 Å². The van der Waals surface area contributed by atoms with Crippen LogP contribution in [0, 0.1) is 0 Å². The van der Waals surface area contributed by atoms with Gasteiger partial charge in [0.2, 0.25) is 0 Å². The minimum atomic E-state index is -6.09. The minimum Gasteiger partial charge on any atom is -0.369 e. The number of benzene rings is 3. The summed E-state index contributed by atoms with van der Waals surface area (Å²) in [7, 11) is -4.31. The molecule has 1 amide bonds. The SMILES string of the molecule is O=C(c1ccccc1)N1CCC(c2ccc(C(O)(C(F)(F)F)C(F)(F)F)cc2)(S(=O)(=O)c2ccccc2)C1. The van der Waals surface area contributed by atoms with Crippen LogP contribution in [0.5, 0.6) is 0 Å².